The number of hydrogen-bond acceptors (Lipinski definition) is 3. The van der Waals surface area contributed by atoms with Gasteiger partial charge < -0.3 is 10.1 Å². The van der Waals surface area contributed by atoms with Crippen LogP contribution in [0.1, 0.15) is 19.4 Å². The van der Waals surface area contributed by atoms with Gasteiger partial charge in [-0.1, -0.05) is 31.5 Å². The highest BCUT2D eigenvalue weighted by molar-refractivity contribution is 6.30. The minimum Gasteiger partial charge on any atom is -0.439 e. The molecule has 1 heterocycles. The lowest BCUT2D eigenvalue weighted by Crippen LogP contribution is -2.21. The minimum atomic E-state index is -0.470. The van der Waals surface area contributed by atoms with Crippen LogP contribution in [-0.4, -0.2) is 11.0 Å². The highest BCUT2D eigenvalue weighted by Crippen LogP contribution is 2.24. The Morgan fingerprint density at radius 3 is 2.70 bits per heavy atom. The maximum absolute atomic E-state index is 13.0. The van der Waals surface area contributed by atoms with E-state index in [-0.39, 0.29) is 5.02 Å². The van der Waals surface area contributed by atoms with E-state index in [1.807, 2.05) is 6.07 Å². The molecule has 106 valence electrons. The third kappa shape index (κ3) is 4.18. The van der Waals surface area contributed by atoms with Crippen molar-refractivity contribution in [3.8, 4) is 11.6 Å². The lowest BCUT2D eigenvalue weighted by molar-refractivity contribution is 0.460. The topological polar surface area (TPSA) is 34.1 Å². The van der Waals surface area contributed by atoms with Gasteiger partial charge in [-0.3, -0.25) is 0 Å². The Balaban J connectivity index is 2.01. The average molecular weight is 295 g/mol. The summed E-state index contributed by atoms with van der Waals surface area (Å²) in [5.74, 6) is 0.431. The molecule has 1 aromatic carbocycles. The summed E-state index contributed by atoms with van der Waals surface area (Å²) in [5.41, 5.74) is 1.07. The third-order valence-corrected chi connectivity index (χ3v) is 2.92. The quantitative estimate of drug-likeness (QED) is 0.899. The highest BCUT2D eigenvalue weighted by Gasteiger charge is 2.04. The largest absolute Gasteiger partial charge is 0.439 e. The smallest absolute Gasteiger partial charge is 0.219 e. The van der Waals surface area contributed by atoms with Gasteiger partial charge in [-0.05, 0) is 17.7 Å². The molecule has 2 aromatic rings. The Morgan fingerprint density at radius 1 is 1.30 bits per heavy atom. The standard InChI is InChI=1S/C15H16ClFN2O/c1-10(2)18-8-11-3-6-15(19-9-11)20-12-4-5-14(17)13(16)7-12/h3-7,9-10,18H,8H2,1-2H3. The number of nitrogens with one attached hydrogen (secondary N) is 1. The van der Waals surface area contributed by atoms with Gasteiger partial charge in [0.15, 0.2) is 0 Å². The molecule has 0 atom stereocenters. The van der Waals surface area contributed by atoms with Crippen LogP contribution in [0.2, 0.25) is 5.02 Å². The molecule has 0 saturated heterocycles. The maximum atomic E-state index is 13.0. The monoisotopic (exact) mass is 294 g/mol. The van der Waals surface area contributed by atoms with Gasteiger partial charge in [0.05, 0.1) is 5.02 Å². The van der Waals surface area contributed by atoms with Crippen LogP contribution in [0.5, 0.6) is 11.6 Å². The van der Waals surface area contributed by atoms with Crippen molar-refractivity contribution in [3.05, 3.63) is 52.9 Å². The molecule has 1 aromatic heterocycles. The van der Waals surface area contributed by atoms with Crippen LogP contribution in [0.4, 0.5) is 4.39 Å². The molecule has 0 amide bonds. The van der Waals surface area contributed by atoms with Crippen molar-refractivity contribution in [2.45, 2.75) is 26.4 Å². The van der Waals surface area contributed by atoms with E-state index >= 15 is 0 Å². The van der Waals surface area contributed by atoms with Gasteiger partial charge in [0, 0.05) is 30.9 Å². The van der Waals surface area contributed by atoms with E-state index in [0.717, 1.165) is 12.1 Å². The van der Waals surface area contributed by atoms with E-state index in [1.54, 1.807) is 12.3 Å². The summed E-state index contributed by atoms with van der Waals surface area (Å²) in [6.07, 6.45) is 1.75. The highest BCUT2D eigenvalue weighted by atomic mass is 35.5. The first-order valence-corrected chi connectivity index (χ1v) is 6.73. The summed E-state index contributed by atoms with van der Waals surface area (Å²) in [6.45, 7) is 4.93. The SMILES string of the molecule is CC(C)NCc1ccc(Oc2ccc(F)c(Cl)c2)nc1. The molecule has 0 aliphatic carbocycles. The van der Waals surface area contributed by atoms with Gasteiger partial charge in [-0.2, -0.15) is 0 Å². The summed E-state index contributed by atoms with van der Waals surface area (Å²) in [7, 11) is 0. The van der Waals surface area contributed by atoms with E-state index < -0.39 is 5.82 Å². The third-order valence-electron chi connectivity index (χ3n) is 2.63. The number of nitrogens with zero attached hydrogens (tertiary/aromatic N) is 1. The second-order valence-corrected chi connectivity index (χ2v) is 5.13. The molecule has 1 N–H and O–H groups in total. The van der Waals surface area contributed by atoms with Crippen LogP contribution in [-0.2, 0) is 6.54 Å². The number of aromatic nitrogens is 1. The van der Waals surface area contributed by atoms with Crippen molar-refractivity contribution in [1.82, 2.24) is 10.3 Å². The van der Waals surface area contributed by atoms with Gasteiger partial charge in [0.25, 0.3) is 0 Å². The van der Waals surface area contributed by atoms with E-state index in [0.29, 0.717) is 17.7 Å². The molecule has 5 heteroatoms. The predicted octanol–water partition coefficient (Wildman–Crippen LogP) is 4.16. The summed E-state index contributed by atoms with van der Waals surface area (Å²) in [5, 5.41) is 3.33. The van der Waals surface area contributed by atoms with E-state index in [4.69, 9.17) is 16.3 Å². The van der Waals surface area contributed by atoms with Crippen molar-refractivity contribution in [3.63, 3.8) is 0 Å². The number of pyridine rings is 1. The van der Waals surface area contributed by atoms with Crippen LogP contribution in [0.3, 0.4) is 0 Å². The first-order valence-electron chi connectivity index (χ1n) is 6.36. The van der Waals surface area contributed by atoms with Gasteiger partial charge in [0.2, 0.25) is 5.88 Å². The lowest BCUT2D eigenvalue weighted by atomic mass is 10.2. The molecule has 0 radical (unpaired) electrons. The molecule has 0 spiro atoms. The van der Waals surface area contributed by atoms with Crippen LogP contribution in [0.25, 0.3) is 0 Å². The van der Waals surface area contributed by atoms with Crippen molar-refractivity contribution >= 4 is 11.6 Å². The zero-order valence-corrected chi connectivity index (χ0v) is 12.1. The van der Waals surface area contributed by atoms with Crippen LogP contribution in [0, 0.1) is 5.82 Å². The Labute approximate surface area is 122 Å². The molecule has 0 aliphatic heterocycles. The zero-order valence-electron chi connectivity index (χ0n) is 11.4. The molecular weight excluding hydrogens is 279 g/mol. The van der Waals surface area contributed by atoms with Crippen molar-refractivity contribution in [1.29, 1.82) is 0 Å². The first kappa shape index (κ1) is 14.8. The molecule has 0 fully saturated rings. The zero-order chi connectivity index (χ0) is 14.5. The Hall–Kier alpha value is -1.65. The van der Waals surface area contributed by atoms with Crippen LogP contribution in [0.15, 0.2) is 36.5 Å². The summed E-state index contributed by atoms with van der Waals surface area (Å²) >= 11 is 5.69. The Kier molecular flexibility index (Phi) is 4.93. The molecule has 3 nitrogen and oxygen atoms in total. The van der Waals surface area contributed by atoms with Crippen molar-refractivity contribution < 1.29 is 9.13 Å². The van der Waals surface area contributed by atoms with E-state index in [1.165, 1.54) is 18.2 Å². The summed E-state index contributed by atoms with van der Waals surface area (Å²) in [6, 6.07) is 8.33. The normalized spacial score (nSPS) is 10.8. The number of rotatable bonds is 5. The maximum Gasteiger partial charge on any atom is 0.219 e. The van der Waals surface area contributed by atoms with Crippen LogP contribution < -0.4 is 10.1 Å². The minimum absolute atomic E-state index is 0.0280. The van der Waals surface area contributed by atoms with Gasteiger partial charge >= 0.3 is 0 Å². The molecule has 0 unspecified atom stereocenters. The Bertz CT molecular complexity index is 573. The second kappa shape index (κ2) is 6.68. The van der Waals surface area contributed by atoms with E-state index in [9.17, 15) is 4.39 Å². The van der Waals surface area contributed by atoms with Crippen molar-refractivity contribution in [2.24, 2.45) is 0 Å². The summed E-state index contributed by atoms with van der Waals surface area (Å²) in [4.78, 5) is 4.20. The molecular formula is C15H16ClFN2O. The molecule has 2 rings (SSSR count). The molecule has 0 bridgehead atoms. The molecule has 20 heavy (non-hydrogen) atoms. The fraction of sp³-hybridized carbons (Fsp3) is 0.267. The number of benzene rings is 1. The average Bonchev–Trinajstić information content (AvgIpc) is 2.42. The Morgan fingerprint density at radius 2 is 2.10 bits per heavy atom. The van der Waals surface area contributed by atoms with Crippen molar-refractivity contribution in [2.75, 3.05) is 0 Å². The van der Waals surface area contributed by atoms with Gasteiger partial charge in [-0.15, -0.1) is 0 Å². The van der Waals surface area contributed by atoms with Gasteiger partial charge in [0.1, 0.15) is 11.6 Å². The second-order valence-electron chi connectivity index (χ2n) is 4.72. The summed E-state index contributed by atoms with van der Waals surface area (Å²) < 4.78 is 18.5. The molecule has 0 aliphatic rings. The predicted molar refractivity (Wildman–Crippen MR) is 77.7 cm³/mol. The van der Waals surface area contributed by atoms with Gasteiger partial charge in [-0.25, -0.2) is 9.37 Å². The molecule has 0 saturated carbocycles. The van der Waals surface area contributed by atoms with Crippen LogP contribution >= 0.6 is 11.6 Å². The first-order chi connectivity index (χ1) is 9.54. The number of ether oxygens (including phenoxy) is 1. The van der Waals surface area contributed by atoms with E-state index in [2.05, 4.69) is 24.1 Å². The number of halogens is 2. The number of hydrogen-bond donors (Lipinski definition) is 1. The lowest BCUT2D eigenvalue weighted by Gasteiger charge is -2.09. The fourth-order valence-electron chi connectivity index (χ4n) is 1.56. The fourth-order valence-corrected chi connectivity index (χ4v) is 1.73.